The van der Waals surface area contributed by atoms with Crippen molar-refractivity contribution in [2.45, 2.75) is 19.4 Å². The molecule has 1 fully saturated rings. The minimum Gasteiger partial charge on any atom is -0.480 e. The van der Waals surface area contributed by atoms with Gasteiger partial charge in [-0.2, -0.15) is 0 Å². The van der Waals surface area contributed by atoms with Gasteiger partial charge in [0.15, 0.2) is 0 Å². The fraction of sp³-hybridized carbons (Fsp3) is 0.538. The van der Waals surface area contributed by atoms with Gasteiger partial charge in [0.2, 0.25) is 0 Å². The maximum Gasteiger partial charge on any atom is 0.320 e. The van der Waals surface area contributed by atoms with Crippen LogP contribution in [0, 0.1) is 0 Å². The van der Waals surface area contributed by atoms with Crippen LogP contribution in [-0.4, -0.2) is 53.2 Å². The van der Waals surface area contributed by atoms with Crippen LogP contribution in [0.25, 0.3) is 0 Å². The highest BCUT2D eigenvalue weighted by atomic mass is 16.4. The van der Waals surface area contributed by atoms with Crippen molar-refractivity contribution in [1.29, 1.82) is 0 Å². The Labute approximate surface area is 107 Å². The topological polar surface area (TPSA) is 56.7 Å². The van der Waals surface area contributed by atoms with Crippen LogP contribution in [0.4, 0.5) is 5.69 Å². The predicted octanol–water partition coefficient (Wildman–Crippen LogP) is 1.07. The first-order valence-electron chi connectivity index (χ1n) is 6.34. The monoisotopic (exact) mass is 249 g/mol. The molecule has 2 rings (SSSR count). The average molecular weight is 249 g/mol. The molecule has 2 heterocycles. The lowest BCUT2D eigenvalue weighted by molar-refractivity contribution is -0.143. The zero-order valence-corrected chi connectivity index (χ0v) is 10.6. The van der Waals surface area contributed by atoms with Crippen molar-refractivity contribution in [2.24, 2.45) is 0 Å². The molecule has 1 saturated heterocycles. The SMILES string of the molecule is CCC(C(=O)O)N1CCN(c2ccncc2)CC1. The zero-order valence-electron chi connectivity index (χ0n) is 10.6. The third kappa shape index (κ3) is 2.79. The molecule has 0 aliphatic carbocycles. The number of aromatic nitrogens is 1. The van der Waals surface area contributed by atoms with E-state index in [0.29, 0.717) is 6.42 Å². The third-order valence-corrected chi connectivity index (χ3v) is 3.45. The molecule has 98 valence electrons. The summed E-state index contributed by atoms with van der Waals surface area (Å²) in [6.45, 7) is 5.26. The molecule has 0 spiro atoms. The molecule has 0 amide bonds. The Morgan fingerprint density at radius 1 is 1.33 bits per heavy atom. The Morgan fingerprint density at radius 3 is 2.44 bits per heavy atom. The number of pyridine rings is 1. The Bertz CT molecular complexity index is 388. The number of hydrogen-bond donors (Lipinski definition) is 1. The number of carbonyl (C=O) groups is 1. The minimum absolute atomic E-state index is 0.343. The summed E-state index contributed by atoms with van der Waals surface area (Å²) in [5, 5.41) is 9.14. The molecule has 18 heavy (non-hydrogen) atoms. The molecule has 1 aliphatic heterocycles. The van der Waals surface area contributed by atoms with Crippen molar-refractivity contribution in [2.75, 3.05) is 31.1 Å². The van der Waals surface area contributed by atoms with Gasteiger partial charge in [0, 0.05) is 44.3 Å². The number of aliphatic carboxylic acids is 1. The molecule has 5 heteroatoms. The standard InChI is InChI=1S/C13H19N3O2/c1-2-12(13(17)18)16-9-7-15(8-10-16)11-3-5-14-6-4-11/h3-6,12H,2,7-10H2,1H3,(H,17,18). The molecule has 1 aromatic rings. The van der Waals surface area contributed by atoms with Crippen LogP contribution < -0.4 is 4.90 Å². The van der Waals surface area contributed by atoms with Gasteiger partial charge in [-0.25, -0.2) is 0 Å². The van der Waals surface area contributed by atoms with E-state index in [9.17, 15) is 4.79 Å². The second-order valence-electron chi connectivity index (χ2n) is 4.49. The number of rotatable bonds is 4. The van der Waals surface area contributed by atoms with E-state index in [0.717, 1.165) is 31.9 Å². The summed E-state index contributed by atoms with van der Waals surface area (Å²) in [5.41, 5.74) is 1.16. The summed E-state index contributed by atoms with van der Waals surface area (Å²) in [4.78, 5) is 19.4. The maximum absolute atomic E-state index is 11.1. The third-order valence-electron chi connectivity index (χ3n) is 3.45. The molecule has 0 bridgehead atoms. The fourth-order valence-corrected chi connectivity index (χ4v) is 2.44. The van der Waals surface area contributed by atoms with Crippen molar-refractivity contribution >= 4 is 11.7 Å². The number of nitrogens with zero attached hydrogens (tertiary/aromatic N) is 3. The molecule has 1 aromatic heterocycles. The Morgan fingerprint density at radius 2 is 1.94 bits per heavy atom. The van der Waals surface area contributed by atoms with E-state index in [-0.39, 0.29) is 6.04 Å². The summed E-state index contributed by atoms with van der Waals surface area (Å²) in [7, 11) is 0. The quantitative estimate of drug-likeness (QED) is 0.865. The smallest absolute Gasteiger partial charge is 0.320 e. The largest absolute Gasteiger partial charge is 0.480 e. The van der Waals surface area contributed by atoms with Gasteiger partial charge in [0.25, 0.3) is 0 Å². The number of anilines is 1. The number of carboxylic acids is 1. The first kappa shape index (κ1) is 12.8. The minimum atomic E-state index is -0.713. The van der Waals surface area contributed by atoms with E-state index in [1.165, 1.54) is 0 Å². The highest BCUT2D eigenvalue weighted by Crippen LogP contribution is 2.16. The van der Waals surface area contributed by atoms with Crippen molar-refractivity contribution < 1.29 is 9.90 Å². The van der Waals surface area contributed by atoms with E-state index in [1.54, 1.807) is 12.4 Å². The van der Waals surface area contributed by atoms with Crippen molar-refractivity contribution in [1.82, 2.24) is 9.88 Å². The van der Waals surface area contributed by atoms with E-state index in [1.807, 2.05) is 19.1 Å². The van der Waals surface area contributed by atoms with Crippen LogP contribution >= 0.6 is 0 Å². The lowest BCUT2D eigenvalue weighted by Gasteiger charge is -2.38. The van der Waals surface area contributed by atoms with E-state index < -0.39 is 5.97 Å². The molecule has 0 saturated carbocycles. The maximum atomic E-state index is 11.1. The lowest BCUT2D eigenvalue weighted by Crippen LogP contribution is -2.52. The molecule has 1 atom stereocenters. The molecule has 1 aliphatic rings. The first-order valence-corrected chi connectivity index (χ1v) is 6.34. The van der Waals surface area contributed by atoms with Crippen molar-refractivity contribution in [3.05, 3.63) is 24.5 Å². The number of carboxylic acid groups (broad SMARTS) is 1. The summed E-state index contributed by atoms with van der Waals surface area (Å²) < 4.78 is 0. The highest BCUT2D eigenvalue weighted by molar-refractivity contribution is 5.73. The van der Waals surface area contributed by atoms with Crippen molar-refractivity contribution in [3.63, 3.8) is 0 Å². The van der Waals surface area contributed by atoms with Crippen LogP contribution in [0.15, 0.2) is 24.5 Å². The summed E-state index contributed by atoms with van der Waals surface area (Å²) in [5.74, 6) is -0.713. The lowest BCUT2D eigenvalue weighted by atomic mass is 10.1. The number of hydrogen-bond acceptors (Lipinski definition) is 4. The molecule has 5 nitrogen and oxygen atoms in total. The van der Waals surface area contributed by atoms with E-state index in [4.69, 9.17) is 5.11 Å². The van der Waals surface area contributed by atoms with Crippen LogP contribution in [0.3, 0.4) is 0 Å². The highest BCUT2D eigenvalue weighted by Gasteiger charge is 2.27. The predicted molar refractivity (Wildman–Crippen MR) is 69.7 cm³/mol. The Balaban J connectivity index is 1.94. The molecule has 0 radical (unpaired) electrons. The second-order valence-corrected chi connectivity index (χ2v) is 4.49. The van der Waals surface area contributed by atoms with Gasteiger partial charge >= 0.3 is 5.97 Å². The summed E-state index contributed by atoms with van der Waals surface area (Å²) >= 11 is 0. The van der Waals surface area contributed by atoms with Gasteiger partial charge in [0.1, 0.15) is 6.04 Å². The number of piperazine rings is 1. The van der Waals surface area contributed by atoms with Crippen molar-refractivity contribution in [3.8, 4) is 0 Å². The molecular weight excluding hydrogens is 230 g/mol. The molecule has 1 N–H and O–H groups in total. The van der Waals surface area contributed by atoms with E-state index >= 15 is 0 Å². The van der Waals surface area contributed by atoms with Crippen LogP contribution in [0.1, 0.15) is 13.3 Å². The Hall–Kier alpha value is -1.62. The van der Waals surface area contributed by atoms with Crippen LogP contribution in [-0.2, 0) is 4.79 Å². The van der Waals surface area contributed by atoms with Gasteiger partial charge in [-0.05, 0) is 18.6 Å². The average Bonchev–Trinajstić information content (AvgIpc) is 2.41. The normalized spacial score (nSPS) is 18.6. The second kappa shape index (κ2) is 5.82. The zero-order chi connectivity index (χ0) is 13.0. The molecular formula is C13H19N3O2. The van der Waals surface area contributed by atoms with Gasteiger partial charge < -0.3 is 10.0 Å². The summed E-state index contributed by atoms with van der Waals surface area (Å²) in [6.07, 6.45) is 4.23. The molecule has 1 unspecified atom stereocenters. The van der Waals surface area contributed by atoms with Gasteiger partial charge in [-0.3, -0.25) is 14.7 Å². The van der Waals surface area contributed by atoms with Gasteiger partial charge in [-0.15, -0.1) is 0 Å². The van der Waals surface area contributed by atoms with Crippen LogP contribution in [0.2, 0.25) is 0 Å². The van der Waals surface area contributed by atoms with Gasteiger partial charge in [-0.1, -0.05) is 6.92 Å². The van der Waals surface area contributed by atoms with E-state index in [2.05, 4.69) is 14.8 Å². The van der Waals surface area contributed by atoms with Gasteiger partial charge in [0.05, 0.1) is 0 Å². The Kier molecular flexibility index (Phi) is 4.15. The first-order chi connectivity index (χ1) is 8.72. The summed E-state index contributed by atoms with van der Waals surface area (Å²) in [6, 6.07) is 3.64. The fourth-order valence-electron chi connectivity index (χ4n) is 2.44. The van der Waals surface area contributed by atoms with Crippen LogP contribution in [0.5, 0.6) is 0 Å². The molecule has 0 aromatic carbocycles.